The molecule has 1 rings (SSSR count). The van der Waals surface area contributed by atoms with Crippen molar-refractivity contribution in [2.75, 3.05) is 19.6 Å². The van der Waals surface area contributed by atoms with E-state index in [1.807, 2.05) is 5.01 Å². The van der Waals surface area contributed by atoms with Gasteiger partial charge in [0.05, 0.1) is 6.10 Å². The molecule has 0 aromatic carbocycles. The molecule has 1 aliphatic rings. The van der Waals surface area contributed by atoms with Gasteiger partial charge in [0.1, 0.15) is 0 Å². The van der Waals surface area contributed by atoms with Gasteiger partial charge < -0.3 is 10.4 Å². The van der Waals surface area contributed by atoms with E-state index in [4.69, 9.17) is 5.84 Å². The maximum atomic E-state index is 9.59. The lowest BCUT2D eigenvalue weighted by Gasteiger charge is -2.20. The summed E-state index contributed by atoms with van der Waals surface area (Å²) in [5, 5.41) is 14.8. The number of nitrogens with one attached hydrogen (secondary N) is 1. The van der Waals surface area contributed by atoms with Crippen molar-refractivity contribution in [2.45, 2.75) is 51.2 Å². The van der Waals surface area contributed by atoms with Crippen LogP contribution in [-0.2, 0) is 0 Å². The van der Waals surface area contributed by atoms with Crippen LogP contribution in [-0.4, -0.2) is 41.9 Å². The van der Waals surface area contributed by atoms with E-state index >= 15 is 0 Å². The van der Waals surface area contributed by atoms with Crippen LogP contribution in [0.15, 0.2) is 0 Å². The summed E-state index contributed by atoms with van der Waals surface area (Å²) < 4.78 is 0. The summed E-state index contributed by atoms with van der Waals surface area (Å²) >= 11 is 0. The second-order valence-corrected chi connectivity index (χ2v) is 4.45. The van der Waals surface area contributed by atoms with Gasteiger partial charge >= 0.3 is 0 Å². The summed E-state index contributed by atoms with van der Waals surface area (Å²) in [5.41, 5.74) is 0. The molecule has 0 bridgehead atoms. The Morgan fingerprint density at radius 3 is 2.80 bits per heavy atom. The molecule has 2 unspecified atom stereocenters. The molecule has 1 fully saturated rings. The summed E-state index contributed by atoms with van der Waals surface area (Å²) in [6, 6.07) is 0.252. The summed E-state index contributed by atoms with van der Waals surface area (Å²) in [6.45, 7) is 4.97. The van der Waals surface area contributed by atoms with Gasteiger partial charge in [-0.05, 0) is 25.8 Å². The molecule has 4 heteroatoms. The third-order valence-corrected chi connectivity index (χ3v) is 3.09. The lowest BCUT2D eigenvalue weighted by Crippen LogP contribution is -2.39. The van der Waals surface area contributed by atoms with Crippen molar-refractivity contribution in [3.63, 3.8) is 0 Å². The van der Waals surface area contributed by atoms with Crippen molar-refractivity contribution in [3.8, 4) is 0 Å². The first kappa shape index (κ1) is 12.9. The van der Waals surface area contributed by atoms with Crippen molar-refractivity contribution in [1.82, 2.24) is 10.3 Å². The fourth-order valence-corrected chi connectivity index (χ4v) is 2.03. The topological polar surface area (TPSA) is 61.5 Å². The Kier molecular flexibility index (Phi) is 6.17. The zero-order chi connectivity index (χ0) is 11.1. The van der Waals surface area contributed by atoms with Gasteiger partial charge in [0, 0.05) is 19.1 Å². The van der Waals surface area contributed by atoms with E-state index in [-0.39, 0.29) is 12.1 Å². The average Bonchev–Trinajstić information content (AvgIpc) is 2.61. The standard InChI is InChI=1S/C11H25N3O/c1-2-3-4-8-14(12)9-6-10-11(15)5-7-13-10/h10-11,13,15H,2-9,12H2,1H3. The maximum absolute atomic E-state index is 9.59. The Morgan fingerprint density at radius 1 is 1.40 bits per heavy atom. The molecule has 2 atom stereocenters. The fraction of sp³-hybridized carbons (Fsp3) is 1.00. The van der Waals surface area contributed by atoms with Gasteiger partial charge in [-0.2, -0.15) is 0 Å². The predicted molar refractivity (Wildman–Crippen MR) is 62.3 cm³/mol. The summed E-state index contributed by atoms with van der Waals surface area (Å²) in [5.74, 6) is 5.86. The molecule has 0 spiro atoms. The maximum Gasteiger partial charge on any atom is 0.0705 e. The highest BCUT2D eigenvalue weighted by molar-refractivity contribution is 4.83. The summed E-state index contributed by atoms with van der Waals surface area (Å²) in [6.07, 6.45) is 5.31. The number of hydrogen-bond acceptors (Lipinski definition) is 4. The number of hydrazine groups is 1. The SMILES string of the molecule is CCCCCN(N)CCC1NCCC1O. The zero-order valence-electron chi connectivity index (χ0n) is 9.78. The molecule has 0 amide bonds. The smallest absolute Gasteiger partial charge is 0.0705 e. The molecule has 0 aliphatic carbocycles. The third-order valence-electron chi connectivity index (χ3n) is 3.09. The van der Waals surface area contributed by atoms with Gasteiger partial charge in [-0.15, -0.1) is 0 Å². The lowest BCUT2D eigenvalue weighted by molar-refractivity contribution is 0.145. The summed E-state index contributed by atoms with van der Waals surface area (Å²) in [4.78, 5) is 0. The molecule has 1 aliphatic heterocycles. The largest absolute Gasteiger partial charge is 0.391 e. The molecule has 1 saturated heterocycles. The van der Waals surface area contributed by atoms with Gasteiger partial charge in [-0.25, -0.2) is 5.01 Å². The number of hydrogen-bond donors (Lipinski definition) is 3. The number of aliphatic hydroxyl groups excluding tert-OH is 1. The molecular weight excluding hydrogens is 190 g/mol. The second-order valence-electron chi connectivity index (χ2n) is 4.45. The van der Waals surface area contributed by atoms with E-state index in [2.05, 4.69) is 12.2 Å². The number of nitrogens with zero attached hydrogens (tertiary/aromatic N) is 1. The molecule has 0 aromatic rings. The molecule has 1 heterocycles. The van der Waals surface area contributed by atoms with E-state index < -0.39 is 0 Å². The number of nitrogens with two attached hydrogens (primary N) is 1. The van der Waals surface area contributed by atoms with Crippen LogP contribution >= 0.6 is 0 Å². The second kappa shape index (κ2) is 7.17. The van der Waals surface area contributed by atoms with Crippen molar-refractivity contribution >= 4 is 0 Å². The van der Waals surface area contributed by atoms with Gasteiger partial charge in [0.2, 0.25) is 0 Å². The minimum Gasteiger partial charge on any atom is -0.391 e. The Morgan fingerprint density at radius 2 is 2.20 bits per heavy atom. The highest BCUT2D eigenvalue weighted by Gasteiger charge is 2.24. The van der Waals surface area contributed by atoms with E-state index in [1.165, 1.54) is 19.3 Å². The first-order chi connectivity index (χ1) is 7.24. The van der Waals surface area contributed by atoms with E-state index in [0.717, 1.165) is 32.5 Å². The van der Waals surface area contributed by atoms with Crippen LogP contribution in [0.3, 0.4) is 0 Å². The molecule has 15 heavy (non-hydrogen) atoms. The first-order valence-electron chi connectivity index (χ1n) is 6.15. The molecule has 90 valence electrons. The number of aliphatic hydroxyl groups is 1. The van der Waals surface area contributed by atoms with Crippen LogP contribution < -0.4 is 11.2 Å². The average molecular weight is 215 g/mol. The summed E-state index contributed by atoms with van der Waals surface area (Å²) in [7, 11) is 0. The molecule has 4 nitrogen and oxygen atoms in total. The van der Waals surface area contributed by atoms with Crippen LogP contribution in [0.5, 0.6) is 0 Å². The molecule has 4 N–H and O–H groups in total. The van der Waals surface area contributed by atoms with Crippen LogP contribution in [0.2, 0.25) is 0 Å². The van der Waals surface area contributed by atoms with Crippen molar-refractivity contribution in [3.05, 3.63) is 0 Å². The number of rotatable bonds is 7. The highest BCUT2D eigenvalue weighted by atomic mass is 16.3. The minimum atomic E-state index is -0.172. The fourth-order valence-electron chi connectivity index (χ4n) is 2.03. The zero-order valence-corrected chi connectivity index (χ0v) is 9.78. The normalized spacial score (nSPS) is 26.4. The molecule has 0 saturated carbocycles. The lowest BCUT2D eigenvalue weighted by atomic mass is 10.1. The van der Waals surface area contributed by atoms with E-state index in [1.54, 1.807) is 0 Å². The van der Waals surface area contributed by atoms with E-state index in [0.29, 0.717) is 0 Å². The quantitative estimate of drug-likeness (QED) is 0.328. The number of unbranched alkanes of at least 4 members (excludes halogenated alkanes) is 2. The van der Waals surface area contributed by atoms with Gasteiger partial charge in [0.15, 0.2) is 0 Å². The molecular formula is C11H25N3O. The van der Waals surface area contributed by atoms with Gasteiger partial charge in [-0.1, -0.05) is 19.8 Å². The Hall–Kier alpha value is -0.160. The monoisotopic (exact) mass is 215 g/mol. The van der Waals surface area contributed by atoms with Crippen LogP contribution in [0, 0.1) is 0 Å². The minimum absolute atomic E-state index is 0.172. The Balaban J connectivity index is 2.03. The van der Waals surface area contributed by atoms with Crippen molar-refractivity contribution < 1.29 is 5.11 Å². The van der Waals surface area contributed by atoms with E-state index in [9.17, 15) is 5.11 Å². The van der Waals surface area contributed by atoms with Crippen molar-refractivity contribution in [1.29, 1.82) is 0 Å². The Labute approximate surface area is 92.8 Å². The van der Waals surface area contributed by atoms with Crippen LogP contribution in [0.25, 0.3) is 0 Å². The predicted octanol–water partition coefficient (Wildman–Crippen LogP) is 0.465. The van der Waals surface area contributed by atoms with Crippen LogP contribution in [0.4, 0.5) is 0 Å². The molecule has 0 radical (unpaired) electrons. The first-order valence-corrected chi connectivity index (χ1v) is 6.15. The Bertz CT molecular complexity index is 166. The highest BCUT2D eigenvalue weighted by Crippen LogP contribution is 2.10. The van der Waals surface area contributed by atoms with Gasteiger partial charge in [-0.3, -0.25) is 5.84 Å². The van der Waals surface area contributed by atoms with Crippen molar-refractivity contribution in [2.24, 2.45) is 5.84 Å². The van der Waals surface area contributed by atoms with Gasteiger partial charge in [0.25, 0.3) is 0 Å². The third kappa shape index (κ3) is 4.93. The molecule has 0 aromatic heterocycles. The van der Waals surface area contributed by atoms with Crippen LogP contribution in [0.1, 0.15) is 39.0 Å².